The van der Waals surface area contributed by atoms with Crippen LogP contribution in [0.3, 0.4) is 0 Å². The molecule has 0 bridgehead atoms. The Bertz CT molecular complexity index is 637. The molecular weight excluding hydrogens is 270 g/mol. The summed E-state index contributed by atoms with van der Waals surface area (Å²) in [5.41, 5.74) is 1.29. The Balaban J connectivity index is 2.09. The number of nitrogens with zero attached hydrogens (tertiary/aromatic N) is 1. The highest BCUT2D eigenvalue weighted by molar-refractivity contribution is 5.94. The van der Waals surface area contributed by atoms with Gasteiger partial charge in [-0.1, -0.05) is 12.1 Å². The second-order valence-corrected chi connectivity index (χ2v) is 4.71. The van der Waals surface area contributed by atoms with Crippen molar-refractivity contribution in [2.24, 2.45) is 0 Å². The fourth-order valence-corrected chi connectivity index (χ4v) is 1.95. The summed E-state index contributed by atoms with van der Waals surface area (Å²) in [7, 11) is 3.28. The monoisotopic (exact) mass is 287 g/mol. The second kappa shape index (κ2) is 6.17. The SMILES string of the molecule is COc1ccc(CN(C)C(=O)c2ccc(O)c(O)c2)cc1. The number of hydrogen-bond acceptors (Lipinski definition) is 4. The Labute approximate surface area is 123 Å². The van der Waals surface area contributed by atoms with Crippen LogP contribution in [0, 0.1) is 0 Å². The van der Waals surface area contributed by atoms with Crippen molar-refractivity contribution in [2.45, 2.75) is 6.54 Å². The Hall–Kier alpha value is -2.69. The molecule has 5 nitrogen and oxygen atoms in total. The van der Waals surface area contributed by atoms with Crippen LogP contribution < -0.4 is 4.74 Å². The van der Waals surface area contributed by atoms with Crippen molar-refractivity contribution in [3.63, 3.8) is 0 Å². The number of phenols is 2. The molecule has 2 N–H and O–H groups in total. The van der Waals surface area contributed by atoms with Crippen molar-refractivity contribution in [1.82, 2.24) is 4.90 Å². The van der Waals surface area contributed by atoms with E-state index in [-0.39, 0.29) is 17.4 Å². The van der Waals surface area contributed by atoms with Gasteiger partial charge in [0.2, 0.25) is 0 Å². The van der Waals surface area contributed by atoms with Crippen LogP contribution in [0.4, 0.5) is 0 Å². The molecule has 2 aromatic carbocycles. The van der Waals surface area contributed by atoms with E-state index in [1.165, 1.54) is 23.1 Å². The van der Waals surface area contributed by atoms with Gasteiger partial charge < -0.3 is 19.8 Å². The van der Waals surface area contributed by atoms with Gasteiger partial charge >= 0.3 is 0 Å². The van der Waals surface area contributed by atoms with Crippen LogP contribution in [0.5, 0.6) is 17.2 Å². The lowest BCUT2D eigenvalue weighted by atomic mass is 10.1. The number of phenolic OH excluding ortho intramolecular Hbond substituents is 2. The van der Waals surface area contributed by atoms with Crippen LogP contribution in [0.15, 0.2) is 42.5 Å². The Kier molecular flexibility index (Phi) is 4.33. The summed E-state index contributed by atoms with van der Waals surface area (Å²) in [5.74, 6) is -0.0274. The summed E-state index contributed by atoms with van der Waals surface area (Å²) in [6, 6.07) is 11.5. The molecular formula is C16H17NO4. The molecule has 21 heavy (non-hydrogen) atoms. The van der Waals surface area contributed by atoms with E-state index in [2.05, 4.69) is 0 Å². The maximum Gasteiger partial charge on any atom is 0.254 e. The van der Waals surface area contributed by atoms with Crippen molar-refractivity contribution < 1.29 is 19.7 Å². The average Bonchev–Trinajstić information content (AvgIpc) is 2.50. The van der Waals surface area contributed by atoms with Crippen molar-refractivity contribution in [1.29, 1.82) is 0 Å². The van der Waals surface area contributed by atoms with Gasteiger partial charge in [0, 0.05) is 19.2 Å². The van der Waals surface area contributed by atoms with E-state index in [1.54, 1.807) is 14.2 Å². The maximum atomic E-state index is 12.2. The van der Waals surface area contributed by atoms with Gasteiger partial charge in [-0.05, 0) is 35.9 Å². The van der Waals surface area contributed by atoms with E-state index in [9.17, 15) is 15.0 Å². The van der Waals surface area contributed by atoms with Crippen molar-refractivity contribution in [2.75, 3.05) is 14.2 Å². The predicted molar refractivity (Wildman–Crippen MR) is 78.6 cm³/mol. The van der Waals surface area contributed by atoms with Crippen LogP contribution in [0.1, 0.15) is 15.9 Å². The van der Waals surface area contributed by atoms with Crippen molar-refractivity contribution >= 4 is 5.91 Å². The minimum atomic E-state index is -0.307. The lowest BCUT2D eigenvalue weighted by Gasteiger charge is -2.17. The third-order valence-corrected chi connectivity index (χ3v) is 3.15. The minimum absolute atomic E-state index is 0.235. The number of methoxy groups -OCH3 is 1. The zero-order valence-electron chi connectivity index (χ0n) is 11.9. The molecule has 0 fully saturated rings. The summed E-state index contributed by atoms with van der Waals surface area (Å²) in [5, 5.41) is 18.7. The molecule has 2 rings (SSSR count). The van der Waals surface area contributed by atoms with Crippen LogP contribution in [0.2, 0.25) is 0 Å². The first-order valence-corrected chi connectivity index (χ1v) is 6.41. The third kappa shape index (κ3) is 3.45. The highest BCUT2D eigenvalue weighted by Crippen LogP contribution is 2.25. The normalized spacial score (nSPS) is 10.2. The highest BCUT2D eigenvalue weighted by atomic mass is 16.5. The lowest BCUT2D eigenvalue weighted by Crippen LogP contribution is -2.26. The van der Waals surface area contributed by atoms with E-state index in [0.29, 0.717) is 12.1 Å². The predicted octanol–water partition coefficient (Wildman–Crippen LogP) is 2.38. The molecule has 0 aliphatic heterocycles. The molecule has 0 atom stereocenters. The fourth-order valence-electron chi connectivity index (χ4n) is 1.95. The number of benzene rings is 2. The second-order valence-electron chi connectivity index (χ2n) is 4.71. The Morgan fingerprint density at radius 2 is 1.76 bits per heavy atom. The van der Waals surface area contributed by atoms with Gasteiger partial charge in [-0.3, -0.25) is 4.79 Å². The average molecular weight is 287 g/mol. The summed E-state index contributed by atoms with van der Waals surface area (Å²) in [6.45, 7) is 0.435. The van der Waals surface area contributed by atoms with Crippen molar-refractivity contribution in [3.05, 3.63) is 53.6 Å². The largest absolute Gasteiger partial charge is 0.504 e. The van der Waals surface area contributed by atoms with Crippen LogP contribution in [-0.4, -0.2) is 35.2 Å². The molecule has 0 saturated carbocycles. The molecule has 2 aromatic rings. The molecule has 0 aliphatic carbocycles. The number of carbonyl (C=O) groups is 1. The summed E-state index contributed by atoms with van der Waals surface area (Å²) < 4.78 is 5.08. The summed E-state index contributed by atoms with van der Waals surface area (Å²) in [4.78, 5) is 13.8. The number of amides is 1. The standard InChI is InChI=1S/C16H17NO4/c1-17(10-11-3-6-13(21-2)7-4-11)16(20)12-5-8-14(18)15(19)9-12/h3-9,18-19H,10H2,1-2H3. The van der Waals surface area contributed by atoms with Crippen molar-refractivity contribution in [3.8, 4) is 17.2 Å². The molecule has 110 valence electrons. The maximum absolute atomic E-state index is 12.2. The minimum Gasteiger partial charge on any atom is -0.504 e. The molecule has 5 heteroatoms. The van der Waals surface area contributed by atoms with E-state index in [0.717, 1.165) is 11.3 Å². The van der Waals surface area contributed by atoms with Gasteiger partial charge in [-0.25, -0.2) is 0 Å². The van der Waals surface area contributed by atoms with Gasteiger partial charge in [0.15, 0.2) is 11.5 Å². The smallest absolute Gasteiger partial charge is 0.254 e. The van der Waals surface area contributed by atoms with Gasteiger partial charge in [0.05, 0.1) is 7.11 Å². The molecule has 0 saturated heterocycles. The van der Waals surface area contributed by atoms with Gasteiger partial charge in [0.25, 0.3) is 5.91 Å². The Morgan fingerprint density at radius 1 is 1.10 bits per heavy atom. The zero-order valence-corrected chi connectivity index (χ0v) is 11.9. The van der Waals surface area contributed by atoms with E-state index < -0.39 is 0 Å². The molecule has 1 amide bonds. The summed E-state index contributed by atoms with van der Waals surface area (Å²) in [6.07, 6.45) is 0. The first kappa shape index (κ1) is 14.7. The van der Waals surface area contributed by atoms with Crippen LogP contribution >= 0.6 is 0 Å². The van der Waals surface area contributed by atoms with Gasteiger partial charge in [0.1, 0.15) is 5.75 Å². The van der Waals surface area contributed by atoms with E-state index in [4.69, 9.17) is 4.74 Å². The van der Waals surface area contributed by atoms with Gasteiger partial charge in [-0.2, -0.15) is 0 Å². The first-order valence-electron chi connectivity index (χ1n) is 6.41. The fraction of sp³-hybridized carbons (Fsp3) is 0.188. The van der Waals surface area contributed by atoms with Crippen LogP contribution in [-0.2, 0) is 6.54 Å². The first-order chi connectivity index (χ1) is 10.0. The third-order valence-electron chi connectivity index (χ3n) is 3.15. The lowest BCUT2D eigenvalue weighted by molar-refractivity contribution is 0.0784. The van der Waals surface area contributed by atoms with Crippen LogP contribution in [0.25, 0.3) is 0 Å². The number of ether oxygens (including phenoxy) is 1. The molecule has 0 aromatic heterocycles. The number of aromatic hydroxyl groups is 2. The summed E-state index contributed by atoms with van der Waals surface area (Å²) >= 11 is 0. The van der Waals surface area contributed by atoms with Gasteiger partial charge in [-0.15, -0.1) is 0 Å². The van der Waals surface area contributed by atoms with E-state index >= 15 is 0 Å². The molecule has 0 heterocycles. The molecule has 0 aliphatic rings. The topological polar surface area (TPSA) is 70.0 Å². The zero-order chi connectivity index (χ0) is 15.4. The molecule has 0 radical (unpaired) electrons. The number of carbonyl (C=O) groups excluding carboxylic acids is 1. The highest BCUT2D eigenvalue weighted by Gasteiger charge is 2.14. The quantitative estimate of drug-likeness (QED) is 0.847. The van der Waals surface area contributed by atoms with E-state index in [1.807, 2.05) is 24.3 Å². The number of rotatable bonds is 4. The number of hydrogen-bond donors (Lipinski definition) is 2. The Morgan fingerprint density at radius 3 is 2.33 bits per heavy atom. The molecule has 0 unspecified atom stereocenters. The molecule has 0 spiro atoms.